The Morgan fingerprint density at radius 2 is 2.25 bits per heavy atom. The molecule has 20 heavy (non-hydrogen) atoms. The highest BCUT2D eigenvalue weighted by Crippen LogP contribution is 2.28. The van der Waals surface area contributed by atoms with Crippen LogP contribution in [0.1, 0.15) is 35.8 Å². The SMILES string of the molecule is COc1ccccc1Cc1cn2c(n1)C(CO)CCC2. The maximum Gasteiger partial charge on any atom is 0.122 e. The molecular weight excluding hydrogens is 252 g/mol. The van der Waals surface area contributed by atoms with Crippen LogP contribution in [0.5, 0.6) is 5.75 Å². The maximum absolute atomic E-state index is 9.45. The fourth-order valence-corrected chi connectivity index (χ4v) is 2.93. The third-order valence-electron chi connectivity index (χ3n) is 3.96. The first-order chi connectivity index (χ1) is 9.81. The van der Waals surface area contributed by atoms with Crippen LogP contribution in [0.15, 0.2) is 30.5 Å². The third-order valence-corrected chi connectivity index (χ3v) is 3.96. The Morgan fingerprint density at radius 3 is 3.05 bits per heavy atom. The Morgan fingerprint density at radius 1 is 1.40 bits per heavy atom. The van der Waals surface area contributed by atoms with E-state index in [1.807, 2.05) is 18.2 Å². The topological polar surface area (TPSA) is 47.3 Å². The monoisotopic (exact) mass is 272 g/mol. The zero-order chi connectivity index (χ0) is 13.9. The lowest BCUT2D eigenvalue weighted by atomic mass is 10.0. The fourth-order valence-electron chi connectivity index (χ4n) is 2.93. The van der Waals surface area contributed by atoms with Gasteiger partial charge >= 0.3 is 0 Å². The van der Waals surface area contributed by atoms with Crippen LogP contribution in [0, 0.1) is 0 Å². The summed E-state index contributed by atoms with van der Waals surface area (Å²) in [6.07, 6.45) is 5.02. The van der Waals surface area contributed by atoms with Gasteiger partial charge in [-0.1, -0.05) is 18.2 Å². The van der Waals surface area contributed by atoms with Gasteiger partial charge in [-0.15, -0.1) is 0 Å². The molecule has 1 aromatic heterocycles. The predicted molar refractivity (Wildman–Crippen MR) is 77.1 cm³/mol. The number of para-hydroxylation sites is 1. The lowest BCUT2D eigenvalue weighted by Crippen LogP contribution is -2.18. The van der Waals surface area contributed by atoms with Gasteiger partial charge in [0.2, 0.25) is 0 Å². The van der Waals surface area contributed by atoms with Gasteiger partial charge in [-0.05, 0) is 18.9 Å². The van der Waals surface area contributed by atoms with Crippen molar-refractivity contribution in [2.24, 2.45) is 0 Å². The molecule has 0 radical (unpaired) electrons. The van der Waals surface area contributed by atoms with E-state index < -0.39 is 0 Å². The van der Waals surface area contributed by atoms with Crippen molar-refractivity contribution in [3.8, 4) is 5.75 Å². The molecule has 0 saturated carbocycles. The average Bonchev–Trinajstić information content (AvgIpc) is 2.90. The van der Waals surface area contributed by atoms with Crippen LogP contribution in [-0.2, 0) is 13.0 Å². The number of benzene rings is 1. The second-order valence-corrected chi connectivity index (χ2v) is 5.29. The first kappa shape index (κ1) is 13.2. The number of aliphatic hydroxyl groups excluding tert-OH is 1. The van der Waals surface area contributed by atoms with E-state index in [-0.39, 0.29) is 12.5 Å². The highest BCUT2D eigenvalue weighted by molar-refractivity contribution is 5.36. The van der Waals surface area contributed by atoms with Gasteiger partial charge in [0.25, 0.3) is 0 Å². The second-order valence-electron chi connectivity index (χ2n) is 5.29. The van der Waals surface area contributed by atoms with Crippen molar-refractivity contribution in [1.82, 2.24) is 9.55 Å². The smallest absolute Gasteiger partial charge is 0.122 e. The number of methoxy groups -OCH3 is 1. The van der Waals surface area contributed by atoms with Gasteiger partial charge in [-0.25, -0.2) is 4.98 Å². The highest BCUT2D eigenvalue weighted by Gasteiger charge is 2.22. The number of ether oxygens (including phenoxy) is 1. The molecule has 4 heteroatoms. The van der Waals surface area contributed by atoms with Crippen molar-refractivity contribution in [1.29, 1.82) is 0 Å². The van der Waals surface area contributed by atoms with Gasteiger partial charge in [-0.2, -0.15) is 0 Å². The molecular formula is C16H20N2O2. The summed E-state index contributed by atoms with van der Waals surface area (Å²) in [5, 5.41) is 9.45. The number of aromatic nitrogens is 2. The molecule has 4 nitrogen and oxygen atoms in total. The van der Waals surface area contributed by atoms with Crippen LogP contribution in [0.3, 0.4) is 0 Å². The first-order valence-electron chi connectivity index (χ1n) is 7.10. The van der Waals surface area contributed by atoms with Crippen LogP contribution in [0.4, 0.5) is 0 Å². The molecule has 0 aliphatic carbocycles. The minimum absolute atomic E-state index is 0.186. The van der Waals surface area contributed by atoms with Crippen LogP contribution in [-0.4, -0.2) is 28.4 Å². The lowest BCUT2D eigenvalue weighted by Gasteiger charge is -2.21. The number of aryl methyl sites for hydroxylation is 1. The number of hydrogen-bond acceptors (Lipinski definition) is 3. The van der Waals surface area contributed by atoms with Gasteiger partial charge in [0, 0.05) is 30.6 Å². The Balaban J connectivity index is 1.87. The molecule has 1 aromatic carbocycles. The summed E-state index contributed by atoms with van der Waals surface area (Å²) < 4.78 is 7.58. The molecule has 0 fully saturated rings. The molecule has 0 amide bonds. The minimum atomic E-state index is 0.186. The van der Waals surface area contributed by atoms with Crippen molar-refractivity contribution in [3.63, 3.8) is 0 Å². The summed E-state index contributed by atoms with van der Waals surface area (Å²) in [6.45, 7) is 1.19. The van der Waals surface area contributed by atoms with Gasteiger partial charge in [0.05, 0.1) is 19.4 Å². The van der Waals surface area contributed by atoms with E-state index in [9.17, 15) is 5.11 Å². The molecule has 2 aromatic rings. The normalized spacial score (nSPS) is 17.8. The number of fused-ring (bicyclic) bond motifs is 1. The minimum Gasteiger partial charge on any atom is -0.496 e. The third kappa shape index (κ3) is 2.43. The molecule has 1 aliphatic rings. The van der Waals surface area contributed by atoms with E-state index >= 15 is 0 Å². The van der Waals surface area contributed by atoms with Crippen LogP contribution in [0.25, 0.3) is 0 Å². The zero-order valence-electron chi connectivity index (χ0n) is 11.7. The van der Waals surface area contributed by atoms with Crippen molar-refractivity contribution in [3.05, 3.63) is 47.5 Å². The molecule has 1 aliphatic heterocycles. The van der Waals surface area contributed by atoms with Gasteiger partial charge < -0.3 is 14.4 Å². The largest absolute Gasteiger partial charge is 0.496 e. The Labute approximate surface area is 119 Å². The van der Waals surface area contributed by atoms with Gasteiger partial charge in [-0.3, -0.25) is 0 Å². The van der Waals surface area contributed by atoms with E-state index in [1.165, 1.54) is 0 Å². The van der Waals surface area contributed by atoms with Crippen molar-refractivity contribution in [2.75, 3.05) is 13.7 Å². The molecule has 3 rings (SSSR count). The summed E-state index contributed by atoms with van der Waals surface area (Å²) >= 11 is 0. The van der Waals surface area contributed by atoms with Crippen LogP contribution < -0.4 is 4.74 Å². The highest BCUT2D eigenvalue weighted by atomic mass is 16.5. The van der Waals surface area contributed by atoms with E-state index in [0.29, 0.717) is 0 Å². The summed E-state index contributed by atoms with van der Waals surface area (Å²) in [5.74, 6) is 2.12. The number of hydrogen-bond donors (Lipinski definition) is 1. The molecule has 2 heterocycles. The Hall–Kier alpha value is -1.81. The van der Waals surface area contributed by atoms with E-state index in [1.54, 1.807) is 7.11 Å². The Kier molecular flexibility index (Phi) is 3.74. The molecule has 1 N–H and O–H groups in total. The quantitative estimate of drug-likeness (QED) is 0.929. The van der Waals surface area contributed by atoms with Crippen LogP contribution in [0.2, 0.25) is 0 Å². The summed E-state index contributed by atoms with van der Waals surface area (Å²) in [5.41, 5.74) is 2.19. The van der Waals surface area contributed by atoms with E-state index in [2.05, 4.69) is 16.8 Å². The number of rotatable bonds is 4. The van der Waals surface area contributed by atoms with Crippen LogP contribution >= 0.6 is 0 Å². The Bertz CT molecular complexity index is 592. The second kappa shape index (κ2) is 5.67. The molecule has 1 atom stereocenters. The van der Waals surface area contributed by atoms with Crippen molar-refractivity contribution in [2.45, 2.75) is 31.7 Å². The summed E-state index contributed by atoms with van der Waals surface area (Å²) in [6, 6.07) is 8.04. The first-order valence-corrected chi connectivity index (χ1v) is 7.10. The molecule has 0 spiro atoms. The van der Waals surface area contributed by atoms with Crippen molar-refractivity contribution < 1.29 is 9.84 Å². The molecule has 1 unspecified atom stereocenters. The lowest BCUT2D eigenvalue weighted by molar-refractivity contribution is 0.238. The summed E-state index contributed by atoms with van der Waals surface area (Å²) in [4.78, 5) is 4.72. The fraction of sp³-hybridized carbons (Fsp3) is 0.438. The zero-order valence-corrected chi connectivity index (χ0v) is 11.7. The summed E-state index contributed by atoms with van der Waals surface area (Å²) in [7, 11) is 1.69. The molecule has 106 valence electrons. The van der Waals surface area contributed by atoms with Gasteiger partial charge in [0.1, 0.15) is 11.6 Å². The predicted octanol–water partition coefficient (Wildman–Crippen LogP) is 2.35. The number of aliphatic hydroxyl groups is 1. The van der Waals surface area contributed by atoms with E-state index in [0.717, 1.165) is 48.6 Å². The number of imidazole rings is 1. The standard InChI is InChI=1S/C16H20N2O2/c1-20-15-7-3-2-5-12(15)9-14-10-18-8-4-6-13(11-19)16(18)17-14/h2-3,5,7,10,13,19H,4,6,8-9,11H2,1H3. The average molecular weight is 272 g/mol. The maximum atomic E-state index is 9.45. The molecule has 0 saturated heterocycles. The number of nitrogens with zero attached hydrogens (tertiary/aromatic N) is 2. The van der Waals surface area contributed by atoms with Gasteiger partial charge in [0.15, 0.2) is 0 Å². The van der Waals surface area contributed by atoms with Crippen molar-refractivity contribution >= 4 is 0 Å². The molecule has 0 bridgehead atoms. The van der Waals surface area contributed by atoms with E-state index in [4.69, 9.17) is 9.72 Å².